The largest absolute Gasteiger partial charge is 0.381 e. The second-order valence-electron chi connectivity index (χ2n) is 5.27. The minimum Gasteiger partial charge on any atom is -0.381 e. The van der Waals surface area contributed by atoms with Gasteiger partial charge in [-0.3, -0.25) is 0 Å². The summed E-state index contributed by atoms with van der Waals surface area (Å²) in [6, 6.07) is 12.3. The van der Waals surface area contributed by atoms with E-state index in [1.807, 2.05) is 29.1 Å². The molecule has 0 spiro atoms. The fourth-order valence-electron chi connectivity index (χ4n) is 2.54. The number of para-hydroxylation sites is 1. The normalized spacial score (nSPS) is 16.4. The van der Waals surface area contributed by atoms with Gasteiger partial charge in [0.2, 0.25) is 0 Å². The molecule has 0 unspecified atom stereocenters. The van der Waals surface area contributed by atoms with Crippen LogP contribution in [0.5, 0.6) is 0 Å². The highest BCUT2D eigenvalue weighted by Crippen LogP contribution is 2.13. The van der Waals surface area contributed by atoms with Crippen LogP contribution in [0.3, 0.4) is 0 Å². The smallest absolute Gasteiger partial charge is 0.0766 e. The van der Waals surface area contributed by atoms with Crippen LogP contribution in [0.4, 0.5) is 0 Å². The number of aromatic nitrogens is 2. The maximum absolute atomic E-state index is 5.37. The van der Waals surface area contributed by atoms with Gasteiger partial charge in [0, 0.05) is 26.0 Å². The first kappa shape index (κ1) is 13.3. The number of rotatable bonds is 5. The van der Waals surface area contributed by atoms with Gasteiger partial charge in [-0.15, -0.1) is 0 Å². The summed E-state index contributed by atoms with van der Waals surface area (Å²) in [4.78, 5) is 0. The highest BCUT2D eigenvalue weighted by Gasteiger charge is 2.13. The lowest BCUT2D eigenvalue weighted by Crippen LogP contribution is -2.27. The van der Waals surface area contributed by atoms with E-state index < -0.39 is 0 Å². The van der Waals surface area contributed by atoms with E-state index in [4.69, 9.17) is 4.74 Å². The van der Waals surface area contributed by atoms with Crippen molar-refractivity contribution in [2.75, 3.05) is 19.8 Å². The summed E-state index contributed by atoms with van der Waals surface area (Å²) < 4.78 is 7.30. The molecule has 1 aromatic carbocycles. The number of nitrogens with one attached hydrogen (secondary N) is 1. The minimum atomic E-state index is 0.750. The van der Waals surface area contributed by atoms with Crippen LogP contribution in [0.25, 0.3) is 5.69 Å². The van der Waals surface area contributed by atoms with Gasteiger partial charge in [-0.1, -0.05) is 18.2 Å². The Hall–Kier alpha value is -1.65. The molecular formula is C16H21N3O. The standard InChI is InChI=1S/C16H21N3O/c1-2-4-16(5-3-1)19-9-6-15(18-19)13-17-12-14-7-10-20-11-8-14/h1-6,9,14,17H,7-8,10-13H2. The van der Waals surface area contributed by atoms with Gasteiger partial charge in [-0.25, -0.2) is 4.68 Å². The van der Waals surface area contributed by atoms with Gasteiger partial charge >= 0.3 is 0 Å². The van der Waals surface area contributed by atoms with Crippen molar-refractivity contribution in [3.05, 3.63) is 48.3 Å². The molecule has 1 aromatic heterocycles. The summed E-state index contributed by atoms with van der Waals surface area (Å²) in [5, 5.41) is 8.10. The minimum absolute atomic E-state index is 0.750. The summed E-state index contributed by atoms with van der Waals surface area (Å²) in [6.45, 7) is 3.71. The molecule has 1 aliphatic rings. The zero-order chi connectivity index (χ0) is 13.6. The molecule has 0 aliphatic carbocycles. The Balaban J connectivity index is 1.50. The quantitative estimate of drug-likeness (QED) is 0.907. The highest BCUT2D eigenvalue weighted by atomic mass is 16.5. The van der Waals surface area contributed by atoms with Crippen molar-refractivity contribution < 1.29 is 4.74 Å². The van der Waals surface area contributed by atoms with Crippen LogP contribution in [0, 0.1) is 5.92 Å². The van der Waals surface area contributed by atoms with E-state index in [0.29, 0.717) is 0 Å². The zero-order valence-electron chi connectivity index (χ0n) is 11.7. The first-order valence-electron chi connectivity index (χ1n) is 7.30. The Kier molecular flexibility index (Phi) is 4.46. The van der Waals surface area contributed by atoms with Crippen molar-refractivity contribution in [2.45, 2.75) is 19.4 Å². The van der Waals surface area contributed by atoms with E-state index in [2.05, 4.69) is 28.6 Å². The number of benzene rings is 1. The molecule has 0 bridgehead atoms. The first-order chi connectivity index (χ1) is 9.92. The van der Waals surface area contributed by atoms with Gasteiger partial charge < -0.3 is 10.1 Å². The third-order valence-electron chi connectivity index (χ3n) is 3.75. The molecule has 4 nitrogen and oxygen atoms in total. The van der Waals surface area contributed by atoms with Crippen LogP contribution in [0.2, 0.25) is 0 Å². The van der Waals surface area contributed by atoms with Crippen LogP contribution in [-0.2, 0) is 11.3 Å². The Morgan fingerprint density at radius 2 is 1.95 bits per heavy atom. The second kappa shape index (κ2) is 6.68. The fourth-order valence-corrected chi connectivity index (χ4v) is 2.54. The molecule has 4 heteroatoms. The lowest BCUT2D eigenvalue weighted by atomic mass is 10.0. The topological polar surface area (TPSA) is 39.1 Å². The van der Waals surface area contributed by atoms with E-state index in [0.717, 1.165) is 43.6 Å². The van der Waals surface area contributed by atoms with Gasteiger partial charge in [0.1, 0.15) is 0 Å². The lowest BCUT2D eigenvalue weighted by molar-refractivity contribution is 0.0662. The number of nitrogens with zero attached hydrogens (tertiary/aromatic N) is 2. The highest BCUT2D eigenvalue weighted by molar-refractivity contribution is 5.30. The maximum atomic E-state index is 5.37. The SMILES string of the molecule is c1ccc(-n2ccc(CNCC3CCOCC3)n2)cc1. The molecule has 3 rings (SSSR count). The van der Waals surface area contributed by atoms with Gasteiger partial charge in [0.15, 0.2) is 0 Å². The van der Waals surface area contributed by atoms with Crippen molar-refractivity contribution in [1.29, 1.82) is 0 Å². The number of hydrogen-bond donors (Lipinski definition) is 1. The molecule has 20 heavy (non-hydrogen) atoms. The predicted molar refractivity (Wildman–Crippen MR) is 78.8 cm³/mol. The number of ether oxygens (including phenoxy) is 1. The molecule has 0 saturated carbocycles. The average Bonchev–Trinajstić information content (AvgIpc) is 2.98. The van der Waals surface area contributed by atoms with Crippen LogP contribution in [0.1, 0.15) is 18.5 Å². The maximum Gasteiger partial charge on any atom is 0.0766 e. The van der Waals surface area contributed by atoms with E-state index in [1.165, 1.54) is 12.8 Å². The van der Waals surface area contributed by atoms with Crippen molar-refractivity contribution >= 4 is 0 Å². The Morgan fingerprint density at radius 1 is 1.15 bits per heavy atom. The van der Waals surface area contributed by atoms with E-state index in [-0.39, 0.29) is 0 Å². The molecule has 1 N–H and O–H groups in total. The van der Waals surface area contributed by atoms with E-state index >= 15 is 0 Å². The van der Waals surface area contributed by atoms with Crippen molar-refractivity contribution in [3.8, 4) is 5.69 Å². The molecule has 2 aromatic rings. The molecule has 0 radical (unpaired) electrons. The van der Waals surface area contributed by atoms with Gasteiger partial charge in [-0.05, 0) is 43.5 Å². The van der Waals surface area contributed by atoms with Crippen molar-refractivity contribution in [2.24, 2.45) is 5.92 Å². The molecule has 1 saturated heterocycles. The molecule has 1 fully saturated rings. The summed E-state index contributed by atoms with van der Waals surface area (Å²) in [7, 11) is 0. The van der Waals surface area contributed by atoms with E-state index in [1.54, 1.807) is 0 Å². The molecule has 1 aliphatic heterocycles. The first-order valence-corrected chi connectivity index (χ1v) is 7.30. The fraction of sp³-hybridized carbons (Fsp3) is 0.438. The Morgan fingerprint density at radius 3 is 2.75 bits per heavy atom. The van der Waals surface area contributed by atoms with Gasteiger partial charge in [-0.2, -0.15) is 5.10 Å². The zero-order valence-corrected chi connectivity index (χ0v) is 11.7. The van der Waals surface area contributed by atoms with Gasteiger partial charge in [0.05, 0.1) is 11.4 Å². The van der Waals surface area contributed by atoms with Crippen LogP contribution in [0.15, 0.2) is 42.6 Å². The van der Waals surface area contributed by atoms with Crippen molar-refractivity contribution in [3.63, 3.8) is 0 Å². The Labute approximate surface area is 119 Å². The van der Waals surface area contributed by atoms with Crippen LogP contribution < -0.4 is 5.32 Å². The molecule has 2 heterocycles. The Bertz CT molecular complexity index is 518. The summed E-state index contributed by atoms with van der Waals surface area (Å²) in [6.07, 6.45) is 4.36. The van der Waals surface area contributed by atoms with Crippen LogP contribution in [-0.4, -0.2) is 29.5 Å². The molecule has 0 atom stereocenters. The molecular weight excluding hydrogens is 250 g/mol. The third kappa shape index (κ3) is 3.46. The summed E-state index contributed by atoms with van der Waals surface area (Å²) in [5.41, 5.74) is 2.18. The van der Waals surface area contributed by atoms with Crippen molar-refractivity contribution in [1.82, 2.24) is 15.1 Å². The summed E-state index contributed by atoms with van der Waals surface area (Å²) in [5.74, 6) is 0.750. The molecule has 0 amide bonds. The summed E-state index contributed by atoms with van der Waals surface area (Å²) >= 11 is 0. The monoisotopic (exact) mass is 271 g/mol. The average molecular weight is 271 g/mol. The predicted octanol–water partition coefficient (Wildman–Crippen LogP) is 2.39. The van der Waals surface area contributed by atoms with Gasteiger partial charge in [0.25, 0.3) is 0 Å². The van der Waals surface area contributed by atoms with Crippen LogP contribution >= 0.6 is 0 Å². The van der Waals surface area contributed by atoms with E-state index in [9.17, 15) is 0 Å². The lowest BCUT2D eigenvalue weighted by Gasteiger charge is -2.21. The number of hydrogen-bond acceptors (Lipinski definition) is 3. The second-order valence-corrected chi connectivity index (χ2v) is 5.27. The third-order valence-corrected chi connectivity index (χ3v) is 3.75. The molecule has 106 valence electrons.